The topological polar surface area (TPSA) is 17.1 Å². The first-order valence-corrected chi connectivity index (χ1v) is 1.86. The smallest absolute Gasteiger partial charge is 0.300 e. The fourth-order valence-corrected chi connectivity index (χ4v) is 0. The Morgan fingerprint density at radius 1 is 1.25 bits per heavy atom. The van der Waals surface area contributed by atoms with E-state index < -0.39 is 7.54 Å². The van der Waals surface area contributed by atoms with Crippen LogP contribution in [0.1, 0.15) is 13.8 Å². The van der Waals surface area contributed by atoms with Gasteiger partial charge < -0.3 is 4.79 Å². The van der Waals surface area contributed by atoms with Crippen LogP contribution in [0.2, 0.25) is 0 Å². The lowest BCUT2D eigenvalue weighted by molar-refractivity contribution is -0.114. The van der Waals surface area contributed by atoms with Gasteiger partial charge >= 0.3 is 7.54 Å². The molecule has 0 heterocycles. The molecule has 5 heteroatoms. The van der Waals surface area contributed by atoms with Gasteiger partial charge in [-0.25, -0.2) is 0 Å². The zero-order chi connectivity index (χ0) is 7.15. The summed E-state index contributed by atoms with van der Waals surface area (Å²) in [5, 5.41) is 0. The molecule has 0 aromatic rings. The van der Waals surface area contributed by atoms with Crippen molar-refractivity contribution in [2.24, 2.45) is 0 Å². The molecule has 0 unspecified atom stereocenters. The molecular formula is C3H6BF3O. The van der Waals surface area contributed by atoms with E-state index in [0.717, 1.165) is 0 Å². The van der Waals surface area contributed by atoms with Crippen LogP contribution >= 0.6 is 0 Å². The molecule has 0 N–H and O–H groups in total. The van der Waals surface area contributed by atoms with Gasteiger partial charge in [0.05, 0.1) is 0 Å². The van der Waals surface area contributed by atoms with Crippen molar-refractivity contribution >= 4 is 13.3 Å². The average molecular weight is 126 g/mol. The number of halogens is 3. The fraction of sp³-hybridized carbons (Fsp3) is 0.667. The molecule has 0 aromatic heterocycles. The highest BCUT2D eigenvalue weighted by Crippen LogP contribution is 1.80. The Morgan fingerprint density at radius 2 is 1.25 bits per heavy atom. The second-order valence-corrected chi connectivity index (χ2v) is 1.16. The minimum Gasteiger partial charge on any atom is -0.300 e. The Bertz CT molecular complexity index is 58.8. The monoisotopic (exact) mass is 126 g/mol. The maximum absolute atomic E-state index is 9.67. The minimum absolute atomic E-state index is 0.167. The standard InChI is InChI=1S/C3H6O.BF3/c1-3(2)4;2-1(3)4/h1-2H3;. The number of hydrogen-bond acceptors (Lipinski definition) is 1. The zero-order valence-corrected chi connectivity index (χ0v) is 4.62. The van der Waals surface area contributed by atoms with Gasteiger partial charge in [-0.3, -0.25) is 12.9 Å². The Labute approximate surface area is 46.1 Å². The van der Waals surface area contributed by atoms with E-state index in [1.165, 1.54) is 13.8 Å². The molecular weight excluding hydrogens is 120 g/mol. The first-order valence-electron chi connectivity index (χ1n) is 1.86. The molecule has 0 saturated heterocycles. The van der Waals surface area contributed by atoms with E-state index >= 15 is 0 Å². The van der Waals surface area contributed by atoms with Crippen LogP contribution in [-0.2, 0) is 4.79 Å². The summed E-state index contributed by atoms with van der Waals surface area (Å²) in [6, 6.07) is 0. The zero-order valence-electron chi connectivity index (χ0n) is 4.62. The normalized spacial score (nSPS) is 6.62. The lowest BCUT2D eigenvalue weighted by atomic mass is 10.5. The van der Waals surface area contributed by atoms with Crippen molar-refractivity contribution < 1.29 is 17.7 Å². The van der Waals surface area contributed by atoms with Crippen LogP contribution in [0.25, 0.3) is 0 Å². The second kappa shape index (κ2) is 6.52. The third-order valence-electron chi connectivity index (χ3n) is 0. The van der Waals surface area contributed by atoms with E-state index in [9.17, 15) is 17.7 Å². The summed E-state index contributed by atoms with van der Waals surface area (Å²) < 4.78 is 29.0. The number of Topliss-reactive ketones (excluding diaryl/α,β-unsaturated/α-hetero) is 1. The molecule has 0 aromatic carbocycles. The van der Waals surface area contributed by atoms with E-state index in [2.05, 4.69) is 0 Å². The summed E-state index contributed by atoms with van der Waals surface area (Å²) in [5.74, 6) is 0.167. The van der Waals surface area contributed by atoms with Crippen LogP contribution in [-0.4, -0.2) is 13.3 Å². The maximum Gasteiger partial charge on any atom is 0.762 e. The number of carbonyl (C=O) groups excluding carboxylic acids is 1. The number of rotatable bonds is 0. The molecule has 0 rings (SSSR count). The largest absolute Gasteiger partial charge is 0.762 e. The molecule has 0 amide bonds. The van der Waals surface area contributed by atoms with Crippen LogP contribution in [0.4, 0.5) is 12.9 Å². The molecule has 8 heavy (non-hydrogen) atoms. The predicted octanol–water partition coefficient (Wildman–Crippen LogP) is 1.48. The Hall–Kier alpha value is -0.475. The number of carbonyl (C=O) groups is 1. The van der Waals surface area contributed by atoms with Crippen LogP contribution in [0, 0.1) is 0 Å². The molecule has 0 aliphatic carbocycles. The Morgan fingerprint density at radius 3 is 1.25 bits per heavy atom. The minimum atomic E-state index is -3.67. The van der Waals surface area contributed by atoms with E-state index in [1.54, 1.807) is 0 Å². The van der Waals surface area contributed by atoms with Crippen molar-refractivity contribution in [2.75, 3.05) is 0 Å². The molecule has 0 saturated carbocycles. The van der Waals surface area contributed by atoms with Crippen LogP contribution in [0.5, 0.6) is 0 Å². The molecule has 0 atom stereocenters. The number of hydrogen-bond donors (Lipinski definition) is 0. The summed E-state index contributed by atoms with van der Waals surface area (Å²) in [6.07, 6.45) is 0. The van der Waals surface area contributed by atoms with Gasteiger partial charge in [0.15, 0.2) is 0 Å². The molecule has 0 bridgehead atoms. The molecule has 48 valence electrons. The van der Waals surface area contributed by atoms with E-state index in [0.29, 0.717) is 0 Å². The van der Waals surface area contributed by atoms with Gasteiger partial charge in [-0.05, 0) is 13.8 Å². The molecule has 0 fully saturated rings. The molecule has 0 spiro atoms. The van der Waals surface area contributed by atoms with Crippen molar-refractivity contribution in [3.63, 3.8) is 0 Å². The van der Waals surface area contributed by atoms with Crippen molar-refractivity contribution in [2.45, 2.75) is 13.8 Å². The van der Waals surface area contributed by atoms with Crippen molar-refractivity contribution in [1.29, 1.82) is 0 Å². The summed E-state index contributed by atoms with van der Waals surface area (Å²) in [6.45, 7) is 3.06. The lowest BCUT2D eigenvalue weighted by Gasteiger charge is -1.56. The van der Waals surface area contributed by atoms with E-state index in [4.69, 9.17) is 0 Å². The third kappa shape index (κ3) is 501. The highest BCUT2D eigenvalue weighted by atomic mass is 19.4. The molecule has 0 aliphatic rings. The Kier molecular flexibility index (Phi) is 8.56. The molecule has 0 aliphatic heterocycles. The molecule has 1 nitrogen and oxygen atoms in total. The van der Waals surface area contributed by atoms with Gasteiger partial charge in [0.2, 0.25) is 0 Å². The first kappa shape index (κ1) is 10.5. The fourth-order valence-electron chi connectivity index (χ4n) is 0. The second-order valence-electron chi connectivity index (χ2n) is 1.16. The van der Waals surface area contributed by atoms with E-state index in [-0.39, 0.29) is 5.78 Å². The highest BCUT2D eigenvalue weighted by Gasteiger charge is 2.06. The molecule has 0 radical (unpaired) electrons. The Balaban J connectivity index is 0. The van der Waals surface area contributed by atoms with Crippen molar-refractivity contribution in [1.82, 2.24) is 0 Å². The summed E-state index contributed by atoms with van der Waals surface area (Å²) in [5.41, 5.74) is 0. The van der Waals surface area contributed by atoms with Crippen LogP contribution in [0.15, 0.2) is 0 Å². The van der Waals surface area contributed by atoms with Gasteiger partial charge in [-0.2, -0.15) is 0 Å². The van der Waals surface area contributed by atoms with Gasteiger partial charge in [-0.15, -0.1) is 0 Å². The van der Waals surface area contributed by atoms with Crippen molar-refractivity contribution in [3.8, 4) is 0 Å². The first-order chi connectivity index (χ1) is 3.46. The summed E-state index contributed by atoms with van der Waals surface area (Å²) in [4.78, 5) is 9.44. The maximum atomic E-state index is 9.67. The summed E-state index contributed by atoms with van der Waals surface area (Å²) >= 11 is 0. The lowest BCUT2D eigenvalue weighted by Crippen LogP contribution is -1.76. The highest BCUT2D eigenvalue weighted by molar-refractivity contribution is 6.33. The quantitative estimate of drug-likeness (QED) is 0.449. The number of ketones is 1. The van der Waals surface area contributed by atoms with Gasteiger partial charge in [0.25, 0.3) is 0 Å². The van der Waals surface area contributed by atoms with E-state index in [1.807, 2.05) is 0 Å². The predicted molar refractivity (Wildman–Crippen MR) is 25.4 cm³/mol. The van der Waals surface area contributed by atoms with Crippen molar-refractivity contribution in [3.05, 3.63) is 0 Å². The SMILES string of the molecule is CC(C)=O.FB(F)F. The van der Waals surface area contributed by atoms with Crippen LogP contribution in [0.3, 0.4) is 0 Å². The average Bonchev–Trinajstić information content (AvgIpc) is 1.25. The van der Waals surface area contributed by atoms with Gasteiger partial charge in [0.1, 0.15) is 5.78 Å². The van der Waals surface area contributed by atoms with Gasteiger partial charge in [0, 0.05) is 0 Å². The third-order valence-corrected chi connectivity index (χ3v) is 0. The van der Waals surface area contributed by atoms with Gasteiger partial charge in [-0.1, -0.05) is 0 Å². The summed E-state index contributed by atoms with van der Waals surface area (Å²) in [7, 11) is -3.67. The van der Waals surface area contributed by atoms with Crippen LogP contribution < -0.4 is 0 Å².